The first-order chi connectivity index (χ1) is 8.04. The molecular formula is C13H18BrNO2. The summed E-state index contributed by atoms with van der Waals surface area (Å²) in [6.45, 7) is 4.15. The normalized spacial score (nSPS) is 12.5. The maximum atomic E-state index is 11.9. The second-order valence-corrected chi connectivity index (χ2v) is 5.26. The molecule has 0 aliphatic rings. The number of nitrogens with one attached hydrogen (secondary N) is 1. The van der Waals surface area contributed by atoms with Crippen LogP contribution in [0.25, 0.3) is 0 Å². The van der Waals surface area contributed by atoms with Gasteiger partial charge in [-0.3, -0.25) is 4.79 Å². The molecule has 0 bridgehead atoms. The van der Waals surface area contributed by atoms with Crippen molar-refractivity contribution in [2.24, 2.45) is 5.92 Å². The fourth-order valence-electron chi connectivity index (χ4n) is 1.56. The predicted octanol–water partition coefficient (Wildman–Crippen LogP) is 2.59. The van der Waals surface area contributed by atoms with E-state index in [9.17, 15) is 4.79 Å². The molecule has 0 aliphatic carbocycles. The molecule has 94 valence electrons. The van der Waals surface area contributed by atoms with Crippen LogP contribution in [0.4, 0.5) is 0 Å². The van der Waals surface area contributed by atoms with E-state index in [4.69, 9.17) is 5.11 Å². The molecule has 1 amide bonds. The minimum atomic E-state index is -0.0929. The van der Waals surface area contributed by atoms with Gasteiger partial charge in [-0.05, 0) is 36.6 Å². The number of carbonyl (C=O) groups is 1. The van der Waals surface area contributed by atoms with Gasteiger partial charge in [-0.2, -0.15) is 0 Å². The van der Waals surface area contributed by atoms with Gasteiger partial charge in [0.05, 0.1) is 0 Å². The molecule has 1 rings (SSSR count). The van der Waals surface area contributed by atoms with Crippen molar-refractivity contribution < 1.29 is 9.90 Å². The van der Waals surface area contributed by atoms with E-state index in [1.54, 1.807) is 12.1 Å². The second-order valence-electron chi connectivity index (χ2n) is 4.34. The molecule has 0 saturated carbocycles. The Morgan fingerprint density at radius 1 is 1.35 bits per heavy atom. The first kappa shape index (κ1) is 14.2. The summed E-state index contributed by atoms with van der Waals surface area (Å²) in [7, 11) is 0. The van der Waals surface area contributed by atoms with Crippen molar-refractivity contribution in [1.29, 1.82) is 0 Å². The lowest BCUT2D eigenvalue weighted by atomic mass is 10.0. The summed E-state index contributed by atoms with van der Waals surface area (Å²) < 4.78 is 0.949. The maximum absolute atomic E-state index is 11.9. The van der Waals surface area contributed by atoms with Gasteiger partial charge in [0, 0.05) is 22.7 Å². The minimum absolute atomic E-state index is 0.0103. The molecule has 1 atom stereocenters. The van der Waals surface area contributed by atoms with Crippen LogP contribution in [0.2, 0.25) is 0 Å². The Kier molecular flexibility index (Phi) is 5.65. The Morgan fingerprint density at radius 3 is 2.41 bits per heavy atom. The fraction of sp³-hybridized carbons (Fsp3) is 0.462. The quantitative estimate of drug-likeness (QED) is 0.878. The SMILES string of the molecule is CC(C)C(CCO)NC(=O)c1ccc(Br)cc1. The lowest BCUT2D eigenvalue weighted by molar-refractivity contribution is 0.0916. The van der Waals surface area contributed by atoms with E-state index in [1.807, 2.05) is 26.0 Å². The number of benzene rings is 1. The molecule has 17 heavy (non-hydrogen) atoms. The Hall–Kier alpha value is -0.870. The van der Waals surface area contributed by atoms with E-state index in [1.165, 1.54) is 0 Å². The molecule has 0 saturated heterocycles. The number of carbonyl (C=O) groups excluding carboxylic acids is 1. The van der Waals surface area contributed by atoms with Gasteiger partial charge in [-0.25, -0.2) is 0 Å². The Balaban J connectivity index is 2.66. The van der Waals surface area contributed by atoms with Crippen molar-refractivity contribution in [3.63, 3.8) is 0 Å². The average Bonchev–Trinajstić information content (AvgIpc) is 2.29. The molecule has 1 aromatic rings. The number of aliphatic hydroxyl groups excluding tert-OH is 1. The van der Waals surface area contributed by atoms with Gasteiger partial charge in [0.2, 0.25) is 0 Å². The van der Waals surface area contributed by atoms with Crippen molar-refractivity contribution in [2.45, 2.75) is 26.3 Å². The number of rotatable bonds is 5. The highest BCUT2D eigenvalue weighted by molar-refractivity contribution is 9.10. The van der Waals surface area contributed by atoms with Crippen LogP contribution in [0.1, 0.15) is 30.6 Å². The lowest BCUT2D eigenvalue weighted by Gasteiger charge is -2.21. The number of hydrogen-bond acceptors (Lipinski definition) is 2. The standard InChI is InChI=1S/C13H18BrNO2/c1-9(2)12(7-8-16)15-13(17)10-3-5-11(14)6-4-10/h3-6,9,12,16H,7-8H2,1-2H3,(H,15,17). The van der Waals surface area contributed by atoms with Gasteiger partial charge in [0.1, 0.15) is 0 Å². The van der Waals surface area contributed by atoms with Gasteiger partial charge >= 0.3 is 0 Å². The molecule has 1 aromatic carbocycles. The van der Waals surface area contributed by atoms with Gasteiger partial charge in [0.25, 0.3) is 5.91 Å². The molecule has 0 aliphatic heterocycles. The third-order valence-corrected chi connectivity index (χ3v) is 3.20. The zero-order valence-electron chi connectivity index (χ0n) is 10.1. The number of amides is 1. The molecule has 0 radical (unpaired) electrons. The van der Waals surface area contributed by atoms with Crippen LogP contribution in [-0.4, -0.2) is 23.7 Å². The van der Waals surface area contributed by atoms with Gasteiger partial charge < -0.3 is 10.4 Å². The summed E-state index contributed by atoms with van der Waals surface area (Å²) in [5.74, 6) is 0.214. The van der Waals surface area contributed by atoms with Crippen LogP contribution < -0.4 is 5.32 Å². The zero-order valence-corrected chi connectivity index (χ0v) is 11.7. The lowest BCUT2D eigenvalue weighted by Crippen LogP contribution is -2.39. The van der Waals surface area contributed by atoms with Crippen LogP contribution >= 0.6 is 15.9 Å². The zero-order chi connectivity index (χ0) is 12.8. The Bertz CT molecular complexity index is 362. The third kappa shape index (κ3) is 4.48. The highest BCUT2D eigenvalue weighted by Gasteiger charge is 2.16. The van der Waals surface area contributed by atoms with Gasteiger partial charge in [-0.1, -0.05) is 29.8 Å². The highest BCUT2D eigenvalue weighted by Crippen LogP contribution is 2.12. The molecule has 4 heteroatoms. The molecule has 0 fully saturated rings. The van der Waals surface area contributed by atoms with E-state index in [0.29, 0.717) is 17.9 Å². The van der Waals surface area contributed by atoms with Crippen LogP contribution in [0.3, 0.4) is 0 Å². The van der Waals surface area contributed by atoms with Crippen molar-refractivity contribution in [2.75, 3.05) is 6.61 Å². The molecule has 0 aromatic heterocycles. The average molecular weight is 300 g/mol. The van der Waals surface area contributed by atoms with Gasteiger partial charge in [0.15, 0.2) is 0 Å². The summed E-state index contributed by atoms with van der Waals surface area (Å²) in [4.78, 5) is 11.9. The maximum Gasteiger partial charge on any atom is 0.251 e. The molecule has 0 spiro atoms. The predicted molar refractivity (Wildman–Crippen MR) is 71.9 cm³/mol. The molecule has 0 heterocycles. The van der Waals surface area contributed by atoms with E-state index in [2.05, 4.69) is 21.2 Å². The number of halogens is 1. The Morgan fingerprint density at radius 2 is 1.94 bits per heavy atom. The fourth-order valence-corrected chi connectivity index (χ4v) is 1.83. The van der Waals surface area contributed by atoms with Crippen molar-refractivity contribution in [3.05, 3.63) is 34.3 Å². The molecular weight excluding hydrogens is 282 g/mol. The summed E-state index contributed by atoms with van der Waals surface area (Å²) >= 11 is 3.33. The minimum Gasteiger partial charge on any atom is -0.396 e. The second kappa shape index (κ2) is 6.77. The largest absolute Gasteiger partial charge is 0.396 e. The van der Waals surface area contributed by atoms with Crippen LogP contribution in [0.5, 0.6) is 0 Å². The third-order valence-electron chi connectivity index (χ3n) is 2.67. The van der Waals surface area contributed by atoms with Crippen LogP contribution in [0.15, 0.2) is 28.7 Å². The van der Waals surface area contributed by atoms with E-state index in [-0.39, 0.29) is 18.6 Å². The van der Waals surface area contributed by atoms with Crippen molar-refractivity contribution in [1.82, 2.24) is 5.32 Å². The molecule has 2 N–H and O–H groups in total. The topological polar surface area (TPSA) is 49.3 Å². The monoisotopic (exact) mass is 299 g/mol. The van der Waals surface area contributed by atoms with E-state index < -0.39 is 0 Å². The van der Waals surface area contributed by atoms with Crippen LogP contribution in [-0.2, 0) is 0 Å². The highest BCUT2D eigenvalue weighted by atomic mass is 79.9. The summed E-state index contributed by atoms with van der Waals surface area (Å²) in [6, 6.07) is 7.23. The Labute approximate surface area is 110 Å². The molecule has 3 nitrogen and oxygen atoms in total. The van der Waals surface area contributed by atoms with Crippen molar-refractivity contribution >= 4 is 21.8 Å². The van der Waals surface area contributed by atoms with Crippen molar-refractivity contribution in [3.8, 4) is 0 Å². The molecule has 1 unspecified atom stereocenters. The number of hydrogen-bond donors (Lipinski definition) is 2. The van der Waals surface area contributed by atoms with E-state index >= 15 is 0 Å². The van der Waals surface area contributed by atoms with E-state index in [0.717, 1.165) is 4.47 Å². The summed E-state index contributed by atoms with van der Waals surface area (Å²) in [5, 5.41) is 11.9. The summed E-state index contributed by atoms with van der Waals surface area (Å²) in [6.07, 6.45) is 0.583. The first-order valence-electron chi connectivity index (χ1n) is 5.72. The van der Waals surface area contributed by atoms with Gasteiger partial charge in [-0.15, -0.1) is 0 Å². The first-order valence-corrected chi connectivity index (χ1v) is 6.51. The van der Waals surface area contributed by atoms with Crippen LogP contribution in [0, 0.1) is 5.92 Å². The smallest absolute Gasteiger partial charge is 0.251 e. The summed E-state index contributed by atoms with van der Waals surface area (Å²) in [5.41, 5.74) is 0.636. The number of aliphatic hydroxyl groups is 1.